The summed E-state index contributed by atoms with van der Waals surface area (Å²) in [5.41, 5.74) is 1.99. The van der Waals surface area contributed by atoms with Crippen LogP contribution in [0.5, 0.6) is 0 Å². The average molecular weight is 260 g/mol. The molecule has 19 heavy (non-hydrogen) atoms. The Hall–Kier alpha value is -1.35. The Morgan fingerprint density at radius 2 is 2.16 bits per heavy atom. The van der Waals surface area contributed by atoms with Gasteiger partial charge in [0.15, 0.2) is 0 Å². The van der Waals surface area contributed by atoms with Gasteiger partial charge in [0, 0.05) is 25.2 Å². The van der Waals surface area contributed by atoms with Crippen LogP contribution < -0.4 is 5.32 Å². The molecule has 0 aromatic heterocycles. The number of rotatable bonds is 4. The van der Waals surface area contributed by atoms with Gasteiger partial charge in [-0.2, -0.15) is 0 Å². The van der Waals surface area contributed by atoms with Crippen LogP contribution in [0.3, 0.4) is 0 Å². The van der Waals surface area contributed by atoms with E-state index in [1.54, 1.807) is 0 Å². The van der Waals surface area contributed by atoms with Crippen molar-refractivity contribution in [2.75, 3.05) is 20.1 Å². The molecule has 1 aromatic carbocycles. The summed E-state index contributed by atoms with van der Waals surface area (Å²) in [6.07, 6.45) is 4.60. The second-order valence-electron chi connectivity index (χ2n) is 5.34. The van der Waals surface area contributed by atoms with Crippen molar-refractivity contribution < 1.29 is 4.79 Å². The lowest BCUT2D eigenvalue weighted by Gasteiger charge is -2.28. The molecule has 3 heteroatoms. The van der Waals surface area contributed by atoms with Gasteiger partial charge >= 0.3 is 0 Å². The number of likely N-dealkylation sites (N-methyl/N-ethyl adjacent to an activating group) is 1. The number of piperidine rings is 1. The van der Waals surface area contributed by atoms with Gasteiger partial charge in [0.2, 0.25) is 0 Å². The molecule has 104 valence electrons. The maximum Gasteiger partial charge on any atom is 0.253 e. The Morgan fingerprint density at radius 1 is 1.37 bits per heavy atom. The van der Waals surface area contributed by atoms with Crippen LogP contribution in [0.1, 0.15) is 42.1 Å². The summed E-state index contributed by atoms with van der Waals surface area (Å²) in [6, 6.07) is 8.38. The lowest BCUT2D eigenvalue weighted by Crippen LogP contribution is -2.44. The third-order valence-electron chi connectivity index (χ3n) is 3.88. The number of carbonyl (C=O) groups excluding carboxylic acids is 1. The zero-order valence-electron chi connectivity index (χ0n) is 12.0. The Balaban J connectivity index is 2.01. The highest BCUT2D eigenvalue weighted by Crippen LogP contribution is 2.14. The van der Waals surface area contributed by atoms with E-state index in [-0.39, 0.29) is 5.91 Å². The van der Waals surface area contributed by atoms with E-state index in [0.717, 1.165) is 30.6 Å². The smallest absolute Gasteiger partial charge is 0.253 e. The SMILES string of the molecule is CCc1ccccc1C(=O)N(C)CC1CCCCN1. The Morgan fingerprint density at radius 3 is 2.84 bits per heavy atom. The summed E-state index contributed by atoms with van der Waals surface area (Å²) in [7, 11) is 1.91. The predicted octanol–water partition coefficient (Wildman–Crippen LogP) is 2.46. The quantitative estimate of drug-likeness (QED) is 0.902. The third-order valence-corrected chi connectivity index (χ3v) is 3.88. The maximum absolute atomic E-state index is 12.5. The second kappa shape index (κ2) is 6.71. The van der Waals surface area contributed by atoms with Crippen molar-refractivity contribution in [3.63, 3.8) is 0 Å². The fourth-order valence-electron chi connectivity index (χ4n) is 2.74. The fourth-order valence-corrected chi connectivity index (χ4v) is 2.74. The van der Waals surface area contributed by atoms with Gasteiger partial charge in [-0.1, -0.05) is 31.5 Å². The highest BCUT2D eigenvalue weighted by atomic mass is 16.2. The lowest BCUT2D eigenvalue weighted by molar-refractivity contribution is 0.0774. The molecule has 1 unspecified atom stereocenters. The topological polar surface area (TPSA) is 32.3 Å². The summed E-state index contributed by atoms with van der Waals surface area (Å²) in [4.78, 5) is 14.4. The number of nitrogens with zero attached hydrogens (tertiary/aromatic N) is 1. The summed E-state index contributed by atoms with van der Waals surface area (Å²) in [5, 5.41) is 3.49. The zero-order chi connectivity index (χ0) is 13.7. The molecular formula is C16H24N2O. The average Bonchev–Trinajstić information content (AvgIpc) is 2.47. The molecule has 1 fully saturated rings. The Bertz CT molecular complexity index is 425. The number of carbonyl (C=O) groups is 1. The van der Waals surface area contributed by atoms with Gasteiger partial charge in [0.25, 0.3) is 5.91 Å². The van der Waals surface area contributed by atoms with E-state index >= 15 is 0 Å². The van der Waals surface area contributed by atoms with Crippen molar-refractivity contribution in [2.45, 2.75) is 38.6 Å². The molecule has 0 bridgehead atoms. The summed E-state index contributed by atoms with van der Waals surface area (Å²) >= 11 is 0. The third kappa shape index (κ3) is 3.57. The van der Waals surface area contributed by atoms with Crippen molar-refractivity contribution in [1.82, 2.24) is 10.2 Å². The maximum atomic E-state index is 12.5. The summed E-state index contributed by atoms with van der Waals surface area (Å²) in [6.45, 7) is 3.98. The van der Waals surface area contributed by atoms with Crippen molar-refractivity contribution >= 4 is 5.91 Å². The minimum absolute atomic E-state index is 0.143. The highest BCUT2D eigenvalue weighted by Gasteiger charge is 2.19. The van der Waals surface area contributed by atoms with E-state index in [4.69, 9.17) is 0 Å². The van der Waals surface area contributed by atoms with Gasteiger partial charge in [-0.3, -0.25) is 4.79 Å². The van der Waals surface area contributed by atoms with Gasteiger partial charge in [0.1, 0.15) is 0 Å². The molecular weight excluding hydrogens is 236 g/mol. The molecule has 0 spiro atoms. The van der Waals surface area contributed by atoms with Gasteiger partial charge in [-0.25, -0.2) is 0 Å². The van der Waals surface area contributed by atoms with Crippen LogP contribution in [0.25, 0.3) is 0 Å². The van der Waals surface area contributed by atoms with Crippen molar-refractivity contribution in [2.24, 2.45) is 0 Å². The van der Waals surface area contributed by atoms with Gasteiger partial charge in [-0.15, -0.1) is 0 Å². The number of hydrogen-bond donors (Lipinski definition) is 1. The minimum Gasteiger partial charge on any atom is -0.340 e. The molecule has 1 atom stereocenters. The van der Waals surface area contributed by atoms with E-state index in [2.05, 4.69) is 12.2 Å². The largest absolute Gasteiger partial charge is 0.340 e. The standard InChI is InChI=1S/C16H24N2O/c1-3-13-8-4-5-10-15(13)16(19)18(2)12-14-9-6-7-11-17-14/h4-5,8,10,14,17H,3,6-7,9,11-12H2,1-2H3. The van der Waals surface area contributed by atoms with Gasteiger partial charge in [0.05, 0.1) is 0 Å². The predicted molar refractivity (Wildman–Crippen MR) is 78.4 cm³/mol. The first-order valence-electron chi connectivity index (χ1n) is 7.29. The van der Waals surface area contributed by atoms with E-state index in [1.807, 2.05) is 36.2 Å². The molecule has 2 rings (SSSR count). The molecule has 1 aliphatic heterocycles. The molecule has 3 nitrogen and oxygen atoms in total. The molecule has 0 saturated carbocycles. The number of hydrogen-bond acceptors (Lipinski definition) is 2. The van der Waals surface area contributed by atoms with Crippen LogP contribution in [0.2, 0.25) is 0 Å². The monoisotopic (exact) mass is 260 g/mol. The van der Waals surface area contributed by atoms with Crippen LogP contribution in [0.4, 0.5) is 0 Å². The first-order chi connectivity index (χ1) is 9.22. The van der Waals surface area contributed by atoms with Crippen molar-refractivity contribution in [3.8, 4) is 0 Å². The van der Waals surface area contributed by atoms with Crippen molar-refractivity contribution in [1.29, 1.82) is 0 Å². The highest BCUT2D eigenvalue weighted by molar-refractivity contribution is 5.95. The molecule has 1 heterocycles. The van der Waals surface area contributed by atoms with Crippen LogP contribution in [-0.2, 0) is 6.42 Å². The zero-order valence-corrected chi connectivity index (χ0v) is 12.0. The lowest BCUT2D eigenvalue weighted by atomic mass is 10.0. The number of aryl methyl sites for hydroxylation is 1. The number of amides is 1. The second-order valence-corrected chi connectivity index (χ2v) is 5.34. The number of nitrogens with one attached hydrogen (secondary N) is 1. The van der Waals surface area contributed by atoms with Crippen LogP contribution in [0, 0.1) is 0 Å². The van der Waals surface area contributed by atoms with Crippen LogP contribution in [0.15, 0.2) is 24.3 Å². The molecule has 1 N–H and O–H groups in total. The molecule has 1 amide bonds. The number of benzene rings is 1. The first kappa shape index (κ1) is 14.1. The van der Waals surface area contributed by atoms with E-state index in [0.29, 0.717) is 6.04 Å². The minimum atomic E-state index is 0.143. The van der Waals surface area contributed by atoms with Crippen LogP contribution in [-0.4, -0.2) is 37.0 Å². The summed E-state index contributed by atoms with van der Waals surface area (Å²) in [5.74, 6) is 0.143. The molecule has 1 saturated heterocycles. The van der Waals surface area contributed by atoms with Crippen LogP contribution >= 0.6 is 0 Å². The fraction of sp³-hybridized carbons (Fsp3) is 0.562. The first-order valence-corrected chi connectivity index (χ1v) is 7.29. The van der Waals surface area contributed by atoms with E-state index in [1.165, 1.54) is 19.3 Å². The Labute approximate surface area is 116 Å². The molecule has 1 aliphatic rings. The normalized spacial score (nSPS) is 19.2. The van der Waals surface area contributed by atoms with Crippen molar-refractivity contribution in [3.05, 3.63) is 35.4 Å². The molecule has 1 aromatic rings. The molecule has 0 aliphatic carbocycles. The van der Waals surface area contributed by atoms with Gasteiger partial charge in [-0.05, 0) is 37.4 Å². The van der Waals surface area contributed by atoms with Gasteiger partial charge < -0.3 is 10.2 Å². The summed E-state index contributed by atoms with van der Waals surface area (Å²) < 4.78 is 0. The van der Waals surface area contributed by atoms with E-state index in [9.17, 15) is 4.79 Å². The van der Waals surface area contributed by atoms with E-state index < -0.39 is 0 Å². The molecule has 0 radical (unpaired) electrons. The Kier molecular flexibility index (Phi) is 4.97.